The molecule has 1 saturated heterocycles. The highest BCUT2D eigenvalue weighted by atomic mass is 32.2. The molecular weight excluding hydrogens is 240 g/mol. The number of nitrogens with two attached hydrogens (primary N) is 1. The Kier molecular flexibility index (Phi) is 3.60. The molecule has 2 rings (SSSR count). The van der Waals surface area contributed by atoms with Crippen molar-refractivity contribution in [3.63, 3.8) is 0 Å². The number of nitrogens with zero attached hydrogens (tertiary/aromatic N) is 2. The van der Waals surface area contributed by atoms with E-state index < -0.39 is 10.0 Å². The predicted octanol–water partition coefficient (Wildman–Crippen LogP) is 0.542. The molecule has 0 spiro atoms. The van der Waals surface area contributed by atoms with Crippen LogP contribution < -0.4 is 10.6 Å². The van der Waals surface area contributed by atoms with Gasteiger partial charge in [0.1, 0.15) is 4.90 Å². The van der Waals surface area contributed by atoms with E-state index in [4.69, 9.17) is 5.14 Å². The van der Waals surface area contributed by atoms with Crippen molar-refractivity contribution in [3.8, 4) is 0 Å². The molecule has 0 radical (unpaired) electrons. The maximum absolute atomic E-state index is 11.4. The van der Waals surface area contributed by atoms with Gasteiger partial charge in [-0.1, -0.05) is 6.42 Å². The lowest BCUT2D eigenvalue weighted by molar-refractivity contribution is 0.272. The van der Waals surface area contributed by atoms with Crippen LogP contribution in [0.5, 0.6) is 0 Å². The number of primary sulfonamides is 1. The Hall–Kier alpha value is -1.18. The molecule has 1 aromatic heterocycles. The van der Waals surface area contributed by atoms with Gasteiger partial charge in [-0.25, -0.2) is 18.6 Å². The fourth-order valence-electron chi connectivity index (χ4n) is 1.88. The van der Waals surface area contributed by atoms with E-state index in [1.165, 1.54) is 12.6 Å². The van der Waals surface area contributed by atoms with Crippen molar-refractivity contribution in [2.75, 3.05) is 18.5 Å². The van der Waals surface area contributed by atoms with Crippen molar-refractivity contribution in [2.24, 2.45) is 5.14 Å². The number of sulfonamides is 1. The Bertz CT molecular complexity index is 483. The molecule has 0 unspecified atom stereocenters. The van der Waals surface area contributed by atoms with E-state index in [0.29, 0.717) is 5.69 Å². The second-order valence-electron chi connectivity index (χ2n) is 4.08. The lowest BCUT2D eigenvalue weighted by atomic mass is 10.2. The van der Waals surface area contributed by atoms with Crippen LogP contribution in [0.4, 0.5) is 5.69 Å². The monoisotopic (exact) mass is 256 g/mol. The van der Waals surface area contributed by atoms with E-state index in [0.717, 1.165) is 25.9 Å². The number of rotatable bonds is 3. The molecule has 0 aliphatic carbocycles. The van der Waals surface area contributed by atoms with Crippen molar-refractivity contribution in [2.45, 2.75) is 24.2 Å². The van der Waals surface area contributed by atoms with E-state index in [9.17, 15) is 8.42 Å². The summed E-state index contributed by atoms with van der Waals surface area (Å²) in [6.07, 6.45) is 6.25. The minimum atomic E-state index is -3.74. The van der Waals surface area contributed by atoms with Crippen molar-refractivity contribution in [1.82, 2.24) is 9.99 Å². The molecule has 0 aromatic carbocycles. The minimum absolute atomic E-state index is 0.0329. The summed E-state index contributed by atoms with van der Waals surface area (Å²) in [6, 6.07) is 1.62. The van der Waals surface area contributed by atoms with Gasteiger partial charge in [0.2, 0.25) is 10.0 Å². The second kappa shape index (κ2) is 4.99. The molecule has 0 saturated carbocycles. The van der Waals surface area contributed by atoms with Gasteiger partial charge in [0.25, 0.3) is 0 Å². The summed E-state index contributed by atoms with van der Waals surface area (Å²) in [5, 5.41) is 7.14. The van der Waals surface area contributed by atoms with Crippen LogP contribution >= 0.6 is 0 Å². The number of hydrogen-bond acceptors (Lipinski definition) is 5. The van der Waals surface area contributed by atoms with Gasteiger partial charge in [-0.2, -0.15) is 0 Å². The van der Waals surface area contributed by atoms with Crippen LogP contribution in [-0.2, 0) is 10.0 Å². The van der Waals surface area contributed by atoms with Gasteiger partial charge in [0, 0.05) is 25.5 Å². The van der Waals surface area contributed by atoms with Crippen molar-refractivity contribution in [1.29, 1.82) is 0 Å². The lowest BCUT2D eigenvalue weighted by Crippen LogP contribution is -2.35. The van der Waals surface area contributed by atoms with E-state index in [2.05, 4.69) is 10.4 Å². The molecule has 0 bridgehead atoms. The van der Waals surface area contributed by atoms with Crippen molar-refractivity contribution >= 4 is 15.7 Å². The maximum atomic E-state index is 11.4. The zero-order chi connectivity index (χ0) is 12.3. The van der Waals surface area contributed by atoms with Gasteiger partial charge in [0.15, 0.2) is 0 Å². The second-order valence-corrected chi connectivity index (χ2v) is 5.61. The van der Waals surface area contributed by atoms with E-state index in [1.807, 2.05) is 5.01 Å². The van der Waals surface area contributed by atoms with Crippen molar-refractivity contribution < 1.29 is 8.42 Å². The summed E-state index contributed by atoms with van der Waals surface area (Å²) in [5.74, 6) is 0. The molecule has 1 aliphatic rings. The topological polar surface area (TPSA) is 88.3 Å². The minimum Gasteiger partial charge on any atom is -0.317 e. The molecule has 2 heterocycles. The number of piperidine rings is 1. The van der Waals surface area contributed by atoms with Crippen molar-refractivity contribution in [3.05, 3.63) is 18.5 Å². The van der Waals surface area contributed by atoms with Gasteiger partial charge in [-0.3, -0.25) is 4.98 Å². The highest BCUT2D eigenvalue weighted by Crippen LogP contribution is 2.20. The fourth-order valence-corrected chi connectivity index (χ4v) is 2.50. The SMILES string of the molecule is NS(=O)(=O)c1cnccc1NN1CCCCC1. The van der Waals surface area contributed by atoms with Crippen LogP contribution in [0.15, 0.2) is 23.4 Å². The highest BCUT2D eigenvalue weighted by Gasteiger charge is 2.17. The van der Waals surface area contributed by atoms with Gasteiger partial charge in [-0.05, 0) is 18.9 Å². The van der Waals surface area contributed by atoms with Gasteiger partial charge in [-0.15, -0.1) is 0 Å². The summed E-state index contributed by atoms with van der Waals surface area (Å²) < 4.78 is 22.7. The molecule has 1 fully saturated rings. The molecular formula is C10H16N4O2S. The molecule has 94 valence electrons. The summed E-state index contributed by atoms with van der Waals surface area (Å²) >= 11 is 0. The normalized spacial score (nSPS) is 17.9. The van der Waals surface area contributed by atoms with Crippen LogP contribution in [0.25, 0.3) is 0 Å². The summed E-state index contributed by atoms with van der Waals surface area (Å²) in [6.45, 7) is 1.82. The number of pyridine rings is 1. The number of hydrazine groups is 1. The first-order chi connectivity index (χ1) is 8.07. The summed E-state index contributed by atoms with van der Waals surface area (Å²) in [5.41, 5.74) is 3.58. The Balaban J connectivity index is 2.20. The standard InChI is InChI=1S/C10H16N4O2S/c11-17(15,16)10-8-12-5-4-9(10)13-14-6-2-1-3-7-14/h4-5,8H,1-3,6-7H2,(H,12,13)(H2,11,15,16). The molecule has 3 N–H and O–H groups in total. The average molecular weight is 256 g/mol. The van der Waals surface area contributed by atoms with Gasteiger partial charge in [0.05, 0.1) is 5.69 Å². The first-order valence-electron chi connectivity index (χ1n) is 5.56. The third-order valence-corrected chi connectivity index (χ3v) is 3.66. The van der Waals surface area contributed by atoms with E-state index in [1.54, 1.807) is 12.3 Å². The van der Waals surface area contributed by atoms with Crippen LogP contribution in [0, 0.1) is 0 Å². The number of nitrogens with one attached hydrogen (secondary N) is 1. The molecule has 17 heavy (non-hydrogen) atoms. The first kappa shape index (κ1) is 12.3. The first-order valence-corrected chi connectivity index (χ1v) is 7.10. The quantitative estimate of drug-likeness (QED) is 0.824. The van der Waals surface area contributed by atoms with E-state index in [-0.39, 0.29) is 4.90 Å². The maximum Gasteiger partial charge on any atom is 0.241 e. The number of aromatic nitrogens is 1. The Morgan fingerprint density at radius 3 is 2.65 bits per heavy atom. The zero-order valence-electron chi connectivity index (χ0n) is 9.46. The Labute approximate surface area is 101 Å². The van der Waals surface area contributed by atoms with Gasteiger partial charge < -0.3 is 5.43 Å². The fraction of sp³-hybridized carbons (Fsp3) is 0.500. The molecule has 6 nitrogen and oxygen atoms in total. The zero-order valence-corrected chi connectivity index (χ0v) is 10.3. The average Bonchev–Trinajstić information content (AvgIpc) is 2.30. The predicted molar refractivity (Wildman–Crippen MR) is 64.7 cm³/mol. The third-order valence-electron chi connectivity index (χ3n) is 2.73. The van der Waals surface area contributed by atoms with E-state index >= 15 is 0 Å². The molecule has 1 aromatic rings. The molecule has 0 amide bonds. The largest absolute Gasteiger partial charge is 0.317 e. The molecule has 0 atom stereocenters. The lowest BCUT2D eigenvalue weighted by Gasteiger charge is -2.28. The summed E-state index contributed by atoms with van der Waals surface area (Å²) in [4.78, 5) is 3.82. The highest BCUT2D eigenvalue weighted by molar-refractivity contribution is 7.89. The van der Waals surface area contributed by atoms with Crippen LogP contribution in [0.2, 0.25) is 0 Å². The van der Waals surface area contributed by atoms with Gasteiger partial charge >= 0.3 is 0 Å². The van der Waals surface area contributed by atoms with Crippen LogP contribution in [0.1, 0.15) is 19.3 Å². The van der Waals surface area contributed by atoms with Crippen LogP contribution in [0.3, 0.4) is 0 Å². The third kappa shape index (κ3) is 3.15. The number of anilines is 1. The Morgan fingerprint density at radius 1 is 1.29 bits per heavy atom. The number of hydrogen-bond donors (Lipinski definition) is 2. The Morgan fingerprint density at radius 2 is 2.00 bits per heavy atom. The summed E-state index contributed by atoms with van der Waals surface area (Å²) in [7, 11) is -3.74. The van der Waals surface area contributed by atoms with Crippen LogP contribution in [-0.4, -0.2) is 31.5 Å². The molecule has 1 aliphatic heterocycles. The smallest absolute Gasteiger partial charge is 0.241 e. The molecule has 7 heteroatoms.